The van der Waals surface area contributed by atoms with E-state index in [2.05, 4.69) is 52.9 Å². The van der Waals surface area contributed by atoms with Crippen LogP contribution in [-0.4, -0.2) is 4.43 Å². The first-order valence-corrected chi connectivity index (χ1v) is 6.52. The topological polar surface area (TPSA) is 0 Å². The molecule has 2 rings (SSSR count). The predicted octanol–water partition coefficient (Wildman–Crippen LogP) is 3.69. The van der Waals surface area contributed by atoms with E-state index < -0.39 is 0 Å². The Bertz CT molecular complexity index is 255. The summed E-state index contributed by atoms with van der Waals surface area (Å²) in [5.74, 6) is 2.08. The second-order valence-electron chi connectivity index (χ2n) is 3.93. The van der Waals surface area contributed by atoms with Crippen molar-refractivity contribution in [1.82, 2.24) is 0 Å². The lowest BCUT2D eigenvalue weighted by Gasteiger charge is -1.99. The van der Waals surface area contributed by atoms with Crippen molar-refractivity contribution in [2.45, 2.75) is 19.3 Å². The minimum atomic E-state index is 1.04. The molecule has 1 fully saturated rings. The number of rotatable bonds is 4. The summed E-state index contributed by atoms with van der Waals surface area (Å²) in [6, 6.07) is 10.8. The highest BCUT2D eigenvalue weighted by atomic mass is 127. The van der Waals surface area contributed by atoms with E-state index in [1.165, 1.54) is 29.3 Å². The van der Waals surface area contributed by atoms with Crippen LogP contribution in [0.25, 0.3) is 0 Å². The van der Waals surface area contributed by atoms with E-state index in [9.17, 15) is 0 Å². The average molecular weight is 286 g/mol. The molecular formula is C12H15I. The van der Waals surface area contributed by atoms with Gasteiger partial charge in [0.05, 0.1) is 0 Å². The zero-order chi connectivity index (χ0) is 9.10. The molecule has 0 aromatic heterocycles. The van der Waals surface area contributed by atoms with Crippen molar-refractivity contribution in [3.05, 3.63) is 35.9 Å². The molecule has 0 nitrogen and oxygen atoms in total. The number of benzene rings is 1. The third-order valence-corrected chi connectivity index (χ3v) is 4.05. The van der Waals surface area contributed by atoms with Gasteiger partial charge in [-0.25, -0.2) is 0 Å². The van der Waals surface area contributed by atoms with E-state index in [0.29, 0.717) is 0 Å². The molecule has 70 valence electrons. The van der Waals surface area contributed by atoms with E-state index in [1.54, 1.807) is 0 Å². The van der Waals surface area contributed by atoms with Gasteiger partial charge in [0.15, 0.2) is 0 Å². The number of hydrogen-bond acceptors (Lipinski definition) is 0. The minimum absolute atomic E-state index is 1.04. The van der Waals surface area contributed by atoms with Gasteiger partial charge < -0.3 is 0 Å². The van der Waals surface area contributed by atoms with Crippen LogP contribution in [0.2, 0.25) is 0 Å². The van der Waals surface area contributed by atoms with Gasteiger partial charge in [0.1, 0.15) is 0 Å². The molecule has 0 saturated heterocycles. The molecule has 1 aromatic carbocycles. The number of aryl methyl sites for hydroxylation is 1. The molecule has 0 spiro atoms. The van der Waals surface area contributed by atoms with Gasteiger partial charge in [-0.05, 0) is 36.7 Å². The smallest absolute Gasteiger partial charge is 0.00264 e. The maximum atomic E-state index is 2.51. The van der Waals surface area contributed by atoms with Crippen LogP contribution >= 0.6 is 22.6 Å². The van der Waals surface area contributed by atoms with Crippen molar-refractivity contribution < 1.29 is 0 Å². The van der Waals surface area contributed by atoms with Crippen LogP contribution in [0.3, 0.4) is 0 Å². The summed E-state index contributed by atoms with van der Waals surface area (Å²) in [5.41, 5.74) is 1.50. The van der Waals surface area contributed by atoms with Crippen LogP contribution in [0.1, 0.15) is 18.4 Å². The summed E-state index contributed by atoms with van der Waals surface area (Å²) in [6.07, 6.45) is 4.16. The maximum Gasteiger partial charge on any atom is 0.00264 e. The minimum Gasteiger partial charge on any atom is -0.0861 e. The Labute approximate surface area is 93.9 Å². The molecule has 0 bridgehead atoms. The lowest BCUT2D eigenvalue weighted by Crippen LogP contribution is -1.89. The third kappa shape index (κ3) is 2.70. The van der Waals surface area contributed by atoms with Gasteiger partial charge in [-0.3, -0.25) is 0 Å². The maximum absolute atomic E-state index is 2.51. The van der Waals surface area contributed by atoms with Crippen LogP contribution in [-0.2, 0) is 6.42 Å². The van der Waals surface area contributed by atoms with E-state index >= 15 is 0 Å². The Balaban J connectivity index is 1.75. The fourth-order valence-corrected chi connectivity index (χ4v) is 2.93. The molecule has 0 radical (unpaired) electrons. The largest absolute Gasteiger partial charge is 0.0861 e. The van der Waals surface area contributed by atoms with E-state index in [1.807, 2.05) is 0 Å². The van der Waals surface area contributed by atoms with Crippen LogP contribution in [0.15, 0.2) is 30.3 Å². The van der Waals surface area contributed by atoms with Crippen molar-refractivity contribution in [1.29, 1.82) is 0 Å². The highest BCUT2D eigenvalue weighted by molar-refractivity contribution is 14.1. The molecule has 1 aromatic rings. The summed E-state index contributed by atoms with van der Waals surface area (Å²) in [4.78, 5) is 0. The van der Waals surface area contributed by atoms with Crippen LogP contribution in [0, 0.1) is 11.8 Å². The van der Waals surface area contributed by atoms with E-state index in [0.717, 1.165) is 11.8 Å². The number of halogens is 1. The zero-order valence-electron chi connectivity index (χ0n) is 7.75. The predicted molar refractivity (Wildman–Crippen MR) is 65.2 cm³/mol. The molecular weight excluding hydrogens is 271 g/mol. The fourth-order valence-electron chi connectivity index (χ4n) is 1.85. The third-order valence-electron chi connectivity index (χ3n) is 2.91. The van der Waals surface area contributed by atoms with Crippen LogP contribution in [0.4, 0.5) is 0 Å². The normalized spacial score (nSPS) is 25.9. The monoisotopic (exact) mass is 286 g/mol. The average Bonchev–Trinajstić information content (AvgIpc) is 2.95. The second-order valence-corrected chi connectivity index (χ2v) is 4.82. The summed E-state index contributed by atoms with van der Waals surface area (Å²) in [6.45, 7) is 0. The Morgan fingerprint density at radius 1 is 1.15 bits per heavy atom. The Morgan fingerprint density at radius 2 is 1.92 bits per heavy atom. The number of hydrogen-bond donors (Lipinski definition) is 0. The van der Waals surface area contributed by atoms with Gasteiger partial charge in [0, 0.05) is 4.43 Å². The zero-order valence-corrected chi connectivity index (χ0v) is 9.91. The molecule has 1 heteroatoms. The molecule has 0 N–H and O–H groups in total. The quantitative estimate of drug-likeness (QED) is 0.585. The Morgan fingerprint density at radius 3 is 2.54 bits per heavy atom. The molecule has 1 saturated carbocycles. The summed E-state index contributed by atoms with van der Waals surface area (Å²) >= 11 is 2.51. The lowest BCUT2D eigenvalue weighted by atomic mass is 10.1. The van der Waals surface area contributed by atoms with Crippen molar-refractivity contribution in [2.75, 3.05) is 4.43 Å². The molecule has 1 aliphatic rings. The van der Waals surface area contributed by atoms with E-state index in [4.69, 9.17) is 0 Å². The van der Waals surface area contributed by atoms with Gasteiger partial charge >= 0.3 is 0 Å². The first kappa shape index (κ1) is 9.50. The SMILES string of the molecule is IC[C@H]1C[C@@H]1CCc1ccccc1. The van der Waals surface area contributed by atoms with Crippen molar-refractivity contribution >= 4 is 22.6 Å². The molecule has 0 heterocycles. The van der Waals surface area contributed by atoms with Crippen molar-refractivity contribution in [3.63, 3.8) is 0 Å². The fraction of sp³-hybridized carbons (Fsp3) is 0.500. The van der Waals surface area contributed by atoms with Crippen molar-refractivity contribution in [2.24, 2.45) is 11.8 Å². The first-order chi connectivity index (χ1) is 6.40. The molecule has 13 heavy (non-hydrogen) atoms. The van der Waals surface area contributed by atoms with Gasteiger partial charge in [0.2, 0.25) is 0 Å². The van der Waals surface area contributed by atoms with Crippen molar-refractivity contribution in [3.8, 4) is 0 Å². The Kier molecular flexibility index (Phi) is 3.25. The molecule has 0 aliphatic heterocycles. The van der Waals surface area contributed by atoms with Crippen LogP contribution < -0.4 is 0 Å². The van der Waals surface area contributed by atoms with Crippen LogP contribution in [0.5, 0.6) is 0 Å². The van der Waals surface area contributed by atoms with Gasteiger partial charge in [-0.1, -0.05) is 52.9 Å². The van der Waals surface area contributed by atoms with Gasteiger partial charge in [-0.2, -0.15) is 0 Å². The lowest BCUT2D eigenvalue weighted by molar-refractivity contribution is 0.680. The molecule has 1 aliphatic carbocycles. The summed E-state index contributed by atoms with van der Waals surface area (Å²) < 4.78 is 1.36. The summed E-state index contributed by atoms with van der Waals surface area (Å²) in [5, 5.41) is 0. The van der Waals surface area contributed by atoms with E-state index in [-0.39, 0.29) is 0 Å². The van der Waals surface area contributed by atoms with Gasteiger partial charge in [-0.15, -0.1) is 0 Å². The second kappa shape index (κ2) is 4.45. The molecule has 0 amide bonds. The molecule has 0 unspecified atom stereocenters. The summed E-state index contributed by atoms with van der Waals surface area (Å²) in [7, 11) is 0. The first-order valence-electron chi connectivity index (χ1n) is 5.00. The highest BCUT2D eigenvalue weighted by Gasteiger charge is 2.34. The Hall–Kier alpha value is -0.0500. The standard InChI is InChI=1S/C12H15I/c13-9-12-8-11(12)7-6-10-4-2-1-3-5-10/h1-5,11-12H,6-9H2/t11-,12+/m0/s1. The van der Waals surface area contributed by atoms with Gasteiger partial charge in [0.25, 0.3) is 0 Å². The highest BCUT2D eigenvalue weighted by Crippen LogP contribution is 2.42. The molecule has 2 atom stereocenters. The number of alkyl halides is 1.